The first kappa shape index (κ1) is 20.5. The third-order valence-electron chi connectivity index (χ3n) is 4.66. The highest BCUT2D eigenvalue weighted by molar-refractivity contribution is 7.99. The number of aliphatic carboxylic acids is 1. The van der Waals surface area contributed by atoms with E-state index in [1.54, 1.807) is 6.07 Å². The maximum atomic E-state index is 12.7. The minimum absolute atomic E-state index is 0.00158. The summed E-state index contributed by atoms with van der Waals surface area (Å²) in [4.78, 5) is 27.5. The van der Waals surface area contributed by atoms with Gasteiger partial charge in [0.15, 0.2) is 0 Å². The summed E-state index contributed by atoms with van der Waals surface area (Å²) in [6.45, 7) is 1.02. The Hall–Kier alpha value is -3.24. The number of likely N-dealkylation sites (tertiary alicyclic amines) is 1. The summed E-state index contributed by atoms with van der Waals surface area (Å²) in [5, 5.41) is 21.4. The van der Waals surface area contributed by atoms with E-state index in [2.05, 4.69) is 5.32 Å². The molecule has 0 bridgehead atoms. The number of hydrogen-bond donors (Lipinski definition) is 2. The smallest absolute Gasteiger partial charge is 0.306 e. The lowest BCUT2D eigenvalue weighted by molar-refractivity contribution is -0.143. The molecule has 148 valence electrons. The van der Waals surface area contributed by atoms with Gasteiger partial charge in [-0.2, -0.15) is 5.26 Å². The van der Waals surface area contributed by atoms with E-state index >= 15 is 0 Å². The molecule has 2 aromatic rings. The van der Waals surface area contributed by atoms with Gasteiger partial charge >= 0.3 is 5.97 Å². The van der Waals surface area contributed by atoms with E-state index in [1.165, 1.54) is 18.0 Å². The second-order valence-electron chi connectivity index (χ2n) is 6.67. The van der Waals surface area contributed by atoms with Crippen molar-refractivity contribution < 1.29 is 14.7 Å². The fourth-order valence-corrected chi connectivity index (χ4v) is 3.98. The molecule has 1 aliphatic rings. The van der Waals surface area contributed by atoms with Crippen molar-refractivity contribution in [3.63, 3.8) is 0 Å². The van der Waals surface area contributed by atoms with Gasteiger partial charge in [-0.15, -0.1) is 0 Å². The summed E-state index contributed by atoms with van der Waals surface area (Å²) in [6, 6.07) is 19.2. The van der Waals surface area contributed by atoms with Crippen LogP contribution in [-0.2, 0) is 9.59 Å². The van der Waals surface area contributed by atoms with Gasteiger partial charge in [-0.3, -0.25) is 9.59 Å². The van der Waals surface area contributed by atoms with Crippen molar-refractivity contribution in [3.05, 3.63) is 66.4 Å². The van der Waals surface area contributed by atoms with E-state index in [0.717, 1.165) is 9.79 Å². The van der Waals surface area contributed by atoms with Crippen molar-refractivity contribution in [2.24, 2.45) is 5.92 Å². The van der Waals surface area contributed by atoms with Gasteiger partial charge in [0.2, 0.25) is 0 Å². The number of anilines is 1. The van der Waals surface area contributed by atoms with Gasteiger partial charge in [-0.05, 0) is 37.1 Å². The van der Waals surface area contributed by atoms with Crippen LogP contribution < -0.4 is 5.32 Å². The molecule has 7 heteroatoms. The molecule has 0 aromatic heterocycles. The Morgan fingerprint density at radius 2 is 1.76 bits per heavy atom. The Balaban J connectivity index is 1.69. The predicted molar refractivity (Wildman–Crippen MR) is 111 cm³/mol. The van der Waals surface area contributed by atoms with Gasteiger partial charge in [0.05, 0.1) is 11.6 Å². The van der Waals surface area contributed by atoms with Gasteiger partial charge in [-0.1, -0.05) is 42.1 Å². The van der Waals surface area contributed by atoms with E-state index in [-0.39, 0.29) is 11.5 Å². The lowest BCUT2D eigenvalue weighted by atomic mass is 9.97. The van der Waals surface area contributed by atoms with Crippen molar-refractivity contribution >= 4 is 29.3 Å². The van der Waals surface area contributed by atoms with Crippen molar-refractivity contribution in [2.45, 2.75) is 22.6 Å². The summed E-state index contributed by atoms with van der Waals surface area (Å²) in [6.07, 6.45) is 2.53. The minimum Gasteiger partial charge on any atom is -0.481 e. The van der Waals surface area contributed by atoms with Gasteiger partial charge in [0.1, 0.15) is 11.6 Å². The summed E-state index contributed by atoms with van der Waals surface area (Å²) in [5.41, 5.74) is 0.635. The molecule has 1 aliphatic heterocycles. The Morgan fingerprint density at radius 1 is 1.10 bits per heavy atom. The number of nitrogens with zero attached hydrogens (tertiary/aromatic N) is 2. The first-order chi connectivity index (χ1) is 14.1. The molecule has 1 fully saturated rings. The Bertz CT molecular complexity index is 945. The van der Waals surface area contributed by atoms with Crippen LogP contribution in [0.4, 0.5) is 5.69 Å². The third kappa shape index (κ3) is 5.62. The Kier molecular flexibility index (Phi) is 6.93. The maximum absolute atomic E-state index is 12.7. The van der Waals surface area contributed by atoms with Crippen LogP contribution in [0.1, 0.15) is 12.8 Å². The Morgan fingerprint density at radius 3 is 2.41 bits per heavy atom. The number of para-hydroxylation sites is 1. The number of hydrogen-bond acceptors (Lipinski definition) is 5. The molecule has 0 spiro atoms. The summed E-state index contributed by atoms with van der Waals surface area (Å²) < 4.78 is 0. The number of rotatable bonds is 6. The average molecular weight is 407 g/mol. The average Bonchev–Trinajstić information content (AvgIpc) is 2.74. The first-order valence-electron chi connectivity index (χ1n) is 9.29. The van der Waals surface area contributed by atoms with E-state index in [4.69, 9.17) is 5.11 Å². The highest BCUT2D eigenvalue weighted by Crippen LogP contribution is 2.33. The van der Waals surface area contributed by atoms with Crippen LogP contribution in [0.25, 0.3) is 0 Å². The number of carbonyl (C=O) groups excluding carboxylic acids is 1. The second kappa shape index (κ2) is 9.80. The maximum Gasteiger partial charge on any atom is 0.306 e. The number of piperidine rings is 1. The highest BCUT2D eigenvalue weighted by Gasteiger charge is 2.24. The summed E-state index contributed by atoms with van der Waals surface area (Å²) in [7, 11) is 0. The molecular formula is C22H21N3O3S. The molecule has 6 nitrogen and oxygen atoms in total. The number of carbonyl (C=O) groups is 2. The monoisotopic (exact) mass is 407 g/mol. The van der Waals surface area contributed by atoms with Gasteiger partial charge in [0.25, 0.3) is 5.91 Å². The zero-order valence-corrected chi connectivity index (χ0v) is 16.6. The number of carboxylic acid groups (broad SMARTS) is 1. The van der Waals surface area contributed by atoms with Crippen LogP contribution in [-0.4, -0.2) is 35.0 Å². The van der Waals surface area contributed by atoms with Crippen LogP contribution in [0.15, 0.2) is 76.2 Å². The summed E-state index contributed by atoms with van der Waals surface area (Å²) >= 11 is 1.53. The number of nitrogens with one attached hydrogen (secondary N) is 1. The Labute approximate surface area is 173 Å². The normalized spacial score (nSPS) is 14.9. The van der Waals surface area contributed by atoms with Crippen molar-refractivity contribution in [2.75, 3.05) is 18.4 Å². The zero-order chi connectivity index (χ0) is 20.6. The molecule has 1 amide bonds. The molecule has 29 heavy (non-hydrogen) atoms. The standard InChI is InChI=1S/C22H21N3O3S/c23-14-17(15-25-12-10-16(11-13-25)22(27)28)21(26)24-19-8-4-5-9-20(19)29-18-6-2-1-3-7-18/h1-9,15-16H,10-13H2,(H,24,26)(H,27,28)/b17-15-. The zero-order valence-electron chi connectivity index (χ0n) is 15.7. The number of benzene rings is 2. The predicted octanol–water partition coefficient (Wildman–Crippen LogP) is 3.98. The molecule has 0 saturated carbocycles. The quantitative estimate of drug-likeness (QED) is 0.556. The lowest BCUT2D eigenvalue weighted by Gasteiger charge is -2.29. The molecule has 2 aromatic carbocycles. The number of carboxylic acids is 1. The molecule has 0 aliphatic carbocycles. The molecule has 0 atom stereocenters. The van der Waals surface area contributed by atoms with Crippen molar-refractivity contribution in [1.82, 2.24) is 4.90 Å². The second-order valence-corrected chi connectivity index (χ2v) is 7.78. The fourth-order valence-electron chi connectivity index (χ4n) is 3.06. The molecule has 1 saturated heterocycles. The van der Waals surface area contributed by atoms with Crippen LogP contribution >= 0.6 is 11.8 Å². The van der Waals surface area contributed by atoms with Gasteiger partial charge in [-0.25, -0.2) is 0 Å². The molecule has 1 heterocycles. The minimum atomic E-state index is -0.792. The van der Waals surface area contributed by atoms with Crippen LogP contribution in [0.3, 0.4) is 0 Å². The molecule has 3 rings (SSSR count). The summed E-state index contributed by atoms with van der Waals surface area (Å²) in [5.74, 6) is -1.63. The molecule has 0 radical (unpaired) electrons. The van der Waals surface area contributed by atoms with Crippen LogP contribution in [0.2, 0.25) is 0 Å². The van der Waals surface area contributed by atoms with E-state index in [9.17, 15) is 14.9 Å². The van der Waals surface area contributed by atoms with Gasteiger partial charge < -0.3 is 15.3 Å². The van der Waals surface area contributed by atoms with Crippen LogP contribution in [0, 0.1) is 17.2 Å². The van der Waals surface area contributed by atoms with E-state index < -0.39 is 11.9 Å². The number of nitriles is 1. The van der Waals surface area contributed by atoms with Crippen molar-refractivity contribution in [3.8, 4) is 6.07 Å². The fraction of sp³-hybridized carbons (Fsp3) is 0.227. The topological polar surface area (TPSA) is 93.4 Å². The van der Waals surface area contributed by atoms with Crippen molar-refractivity contribution in [1.29, 1.82) is 5.26 Å². The molecule has 2 N–H and O–H groups in total. The van der Waals surface area contributed by atoms with E-state index in [1.807, 2.05) is 59.5 Å². The van der Waals surface area contributed by atoms with Gasteiger partial charge in [0, 0.05) is 29.1 Å². The van der Waals surface area contributed by atoms with Crippen LogP contribution in [0.5, 0.6) is 0 Å². The molecular weight excluding hydrogens is 386 g/mol. The largest absolute Gasteiger partial charge is 0.481 e. The highest BCUT2D eigenvalue weighted by atomic mass is 32.2. The third-order valence-corrected chi connectivity index (χ3v) is 5.75. The number of amides is 1. The first-order valence-corrected chi connectivity index (χ1v) is 10.1. The van der Waals surface area contributed by atoms with E-state index in [0.29, 0.717) is 31.6 Å². The SMILES string of the molecule is N#C/C(=C/N1CCC(C(=O)O)CC1)C(=O)Nc1ccccc1Sc1ccccc1. The lowest BCUT2D eigenvalue weighted by Crippen LogP contribution is -2.33. The molecule has 0 unspecified atom stereocenters.